The van der Waals surface area contributed by atoms with Gasteiger partial charge in [-0.2, -0.15) is 5.10 Å². The molecule has 1 heterocycles. The van der Waals surface area contributed by atoms with Crippen molar-refractivity contribution in [1.29, 1.82) is 0 Å². The van der Waals surface area contributed by atoms with Crippen LogP contribution in [0.5, 0.6) is 0 Å². The molecule has 1 aromatic heterocycles. The fourth-order valence-corrected chi connectivity index (χ4v) is 1.62. The van der Waals surface area contributed by atoms with Crippen LogP contribution in [0.1, 0.15) is 32.6 Å². The normalized spacial score (nSPS) is 13.0. The molecule has 0 aliphatic heterocycles. The van der Waals surface area contributed by atoms with Crippen LogP contribution in [-0.2, 0) is 11.3 Å². The molecule has 3 nitrogen and oxygen atoms in total. The first-order valence-electron chi connectivity index (χ1n) is 5.37. The Bertz CT molecular complexity index is 221. The second-order valence-electron chi connectivity index (χ2n) is 3.56. The summed E-state index contributed by atoms with van der Waals surface area (Å²) in [6, 6.07) is 1.96. The largest absolute Gasteiger partial charge is 0.381 e. The monoisotopic (exact) mass is 196 g/mol. The summed E-state index contributed by atoms with van der Waals surface area (Å²) >= 11 is 0. The van der Waals surface area contributed by atoms with Crippen molar-refractivity contribution in [3.63, 3.8) is 0 Å². The van der Waals surface area contributed by atoms with Crippen molar-refractivity contribution in [2.45, 2.75) is 45.3 Å². The number of methoxy groups -OCH3 is 1. The molecular weight excluding hydrogens is 176 g/mol. The molecule has 0 radical (unpaired) electrons. The highest BCUT2D eigenvalue weighted by Crippen LogP contribution is 2.08. The molecule has 0 aliphatic rings. The summed E-state index contributed by atoms with van der Waals surface area (Å²) in [5.41, 5.74) is 0. The molecule has 0 aromatic carbocycles. The van der Waals surface area contributed by atoms with Crippen LogP contribution < -0.4 is 0 Å². The minimum atomic E-state index is 0.426. The predicted molar refractivity (Wildman–Crippen MR) is 57.2 cm³/mol. The molecule has 80 valence electrons. The summed E-state index contributed by atoms with van der Waals surface area (Å²) in [6.45, 7) is 3.19. The van der Waals surface area contributed by atoms with Crippen LogP contribution in [-0.4, -0.2) is 23.0 Å². The van der Waals surface area contributed by atoms with Gasteiger partial charge in [0.2, 0.25) is 0 Å². The fraction of sp³-hybridized carbons (Fsp3) is 0.727. The SMILES string of the molecule is CCC[C@@H](CCCn1cccn1)OC. The smallest absolute Gasteiger partial charge is 0.0572 e. The van der Waals surface area contributed by atoms with Gasteiger partial charge in [-0.25, -0.2) is 0 Å². The Kier molecular flexibility index (Phi) is 5.30. The van der Waals surface area contributed by atoms with Gasteiger partial charge < -0.3 is 4.74 Å². The van der Waals surface area contributed by atoms with E-state index in [2.05, 4.69) is 12.0 Å². The predicted octanol–water partition coefficient (Wildman–Crippen LogP) is 2.48. The Morgan fingerprint density at radius 1 is 1.43 bits per heavy atom. The van der Waals surface area contributed by atoms with E-state index in [0.29, 0.717) is 6.10 Å². The number of hydrogen-bond donors (Lipinski definition) is 0. The third-order valence-electron chi connectivity index (χ3n) is 2.42. The van der Waals surface area contributed by atoms with E-state index in [-0.39, 0.29) is 0 Å². The lowest BCUT2D eigenvalue weighted by atomic mass is 10.1. The van der Waals surface area contributed by atoms with Crippen molar-refractivity contribution in [2.24, 2.45) is 0 Å². The van der Waals surface area contributed by atoms with E-state index < -0.39 is 0 Å². The third kappa shape index (κ3) is 3.92. The van der Waals surface area contributed by atoms with E-state index in [0.717, 1.165) is 25.8 Å². The molecule has 0 amide bonds. The quantitative estimate of drug-likeness (QED) is 0.670. The minimum Gasteiger partial charge on any atom is -0.381 e. The molecule has 0 aliphatic carbocycles. The van der Waals surface area contributed by atoms with Crippen LogP contribution in [0.15, 0.2) is 18.5 Å². The van der Waals surface area contributed by atoms with Crippen LogP contribution >= 0.6 is 0 Å². The number of rotatable bonds is 7. The highest BCUT2D eigenvalue weighted by molar-refractivity contribution is 4.77. The lowest BCUT2D eigenvalue weighted by Crippen LogP contribution is -2.11. The zero-order chi connectivity index (χ0) is 10.2. The maximum Gasteiger partial charge on any atom is 0.0572 e. The Hall–Kier alpha value is -0.830. The van der Waals surface area contributed by atoms with Gasteiger partial charge in [-0.05, 0) is 25.3 Å². The van der Waals surface area contributed by atoms with Crippen molar-refractivity contribution in [2.75, 3.05) is 7.11 Å². The van der Waals surface area contributed by atoms with Crippen LogP contribution in [0.3, 0.4) is 0 Å². The van der Waals surface area contributed by atoms with Gasteiger partial charge in [-0.3, -0.25) is 4.68 Å². The van der Waals surface area contributed by atoms with Gasteiger partial charge in [-0.1, -0.05) is 13.3 Å². The molecule has 1 atom stereocenters. The molecule has 1 rings (SSSR count). The second-order valence-corrected chi connectivity index (χ2v) is 3.56. The summed E-state index contributed by atoms with van der Waals surface area (Å²) in [5, 5.41) is 4.16. The van der Waals surface area contributed by atoms with E-state index in [1.54, 1.807) is 7.11 Å². The standard InChI is InChI=1S/C11H20N2O/c1-3-6-11(14-2)7-4-9-13-10-5-8-12-13/h5,8,10-11H,3-4,6-7,9H2,1-2H3/t11-/m0/s1. The Morgan fingerprint density at radius 3 is 2.86 bits per heavy atom. The maximum absolute atomic E-state index is 5.38. The molecule has 0 N–H and O–H groups in total. The first kappa shape index (κ1) is 11.2. The molecule has 0 spiro atoms. The van der Waals surface area contributed by atoms with Crippen LogP contribution in [0.4, 0.5) is 0 Å². The first-order valence-corrected chi connectivity index (χ1v) is 5.37. The Labute approximate surface area is 86.1 Å². The average Bonchev–Trinajstić information content (AvgIpc) is 2.69. The van der Waals surface area contributed by atoms with E-state index >= 15 is 0 Å². The second kappa shape index (κ2) is 6.60. The van der Waals surface area contributed by atoms with Crippen molar-refractivity contribution >= 4 is 0 Å². The van der Waals surface area contributed by atoms with Crippen molar-refractivity contribution < 1.29 is 4.74 Å². The number of aromatic nitrogens is 2. The maximum atomic E-state index is 5.38. The molecule has 3 heteroatoms. The van der Waals surface area contributed by atoms with Gasteiger partial charge in [-0.15, -0.1) is 0 Å². The molecule has 0 bridgehead atoms. The number of hydrogen-bond acceptors (Lipinski definition) is 2. The van der Waals surface area contributed by atoms with Crippen LogP contribution in [0.2, 0.25) is 0 Å². The zero-order valence-electron chi connectivity index (χ0n) is 9.15. The Balaban J connectivity index is 2.13. The van der Waals surface area contributed by atoms with Gasteiger partial charge in [0.05, 0.1) is 6.10 Å². The molecular formula is C11H20N2O. The number of nitrogens with zero attached hydrogens (tertiary/aromatic N) is 2. The summed E-state index contributed by atoms with van der Waals surface area (Å²) in [6.07, 6.45) is 8.87. The first-order chi connectivity index (χ1) is 6.86. The third-order valence-corrected chi connectivity index (χ3v) is 2.42. The molecule has 0 fully saturated rings. The van der Waals surface area contributed by atoms with Crippen molar-refractivity contribution in [3.8, 4) is 0 Å². The molecule has 0 saturated carbocycles. The number of aryl methyl sites for hydroxylation is 1. The average molecular weight is 196 g/mol. The summed E-state index contributed by atoms with van der Waals surface area (Å²) < 4.78 is 7.35. The fourth-order valence-electron chi connectivity index (χ4n) is 1.62. The van der Waals surface area contributed by atoms with E-state index in [9.17, 15) is 0 Å². The highest BCUT2D eigenvalue weighted by atomic mass is 16.5. The molecule has 0 unspecified atom stereocenters. The van der Waals surface area contributed by atoms with Gasteiger partial charge in [0.25, 0.3) is 0 Å². The van der Waals surface area contributed by atoms with Crippen LogP contribution in [0, 0.1) is 0 Å². The van der Waals surface area contributed by atoms with Gasteiger partial charge in [0.1, 0.15) is 0 Å². The van der Waals surface area contributed by atoms with Crippen molar-refractivity contribution in [1.82, 2.24) is 9.78 Å². The zero-order valence-corrected chi connectivity index (χ0v) is 9.15. The lowest BCUT2D eigenvalue weighted by molar-refractivity contribution is 0.0843. The highest BCUT2D eigenvalue weighted by Gasteiger charge is 2.05. The minimum absolute atomic E-state index is 0.426. The number of ether oxygens (including phenoxy) is 1. The van der Waals surface area contributed by atoms with Gasteiger partial charge in [0, 0.05) is 26.0 Å². The summed E-state index contributed by atoms with van der Waals surface area (Å²) in [4.78, 5) is 0. The molecule has 0 saturated heterocycles. The summed E-state index contributed by atoms with van der Waals surface area (Å²) in [7, 11) is 1.80. The van der Waals surface area contributed by atoms with E-state index in [1.807, 2.05) is 23.1 Å². The lowest BCUT2D eigenvalue weighted by Gasteiger charge is -2.13. The van der Waals surface area contributed by atoms with Gasteiger partial charge in [0.15, 0.2) is 0 Å². The molecule has 1 aromatic rings. The summed E-state index contributed by atoms with van der Waals surface area (Å²) in [5.74, 6) is 0. The Morgan fingerprint density at radius 2 is 2.29 bits per heavy atom. The van der Waals surface area contributed by atoms with E-state index in [4.69, 9.17) is 4.74 Å². The molecule has 14 heavy (non-hydrogen) atoms. The van der Waals surface area contributed by atoms with Crippen LogP contribution in [0.25, 0.3) is 0 Å². The topological polar surface area (TPSA) is 27.1 Å². The van der Waals surface area contributed by atoms with Crippen molar-refractivity contribution in [3.05, 3.63) is 18.5 Å². The van der Waals surface area contributed by atoms with Gasteiger partial charge >= 0.3 is 0 Å². The van der Waals surface area contributed by atoms with E-state index in [1.165, 1.54) is 6.42 Å².